The van der Waals surface area contributed by atoms with Gasteiger partial charge in [-0.05, 0) is 48.6 Å². The van der Waals surface area contributed by atoms with E-state index in [2.05, 4.69) is 47.1 Å². The van der Waals surface area contributed by atoms with Crippen LogP contribution < -0.4 is 3.11 Å². The van der Waals surface area contributed by atoms with Crippen molar-refractivity contribution in [2.75, 3.05) is 3.11 Å². The third kappa shape index (κ3) is 3.93. The normalized spacial score (nSPS) is 15.6. The monoisotopic (exact) mass is 551 g/mol. The molecule has 0 bridgehead atoms. The minimum Gasteiger partial charge on any atom is -0.282 e. The molecule has 0 spiro atoms. The van der Waals surface area contributed by atoms with Crippen LogP contribution in [0, 0.1) is 0 Å². The van der Waals surface area contributed by atoms with Gasteiger partial charge >= 0.3 is 6.18 Å². The van der Waals surface area contributed by atoms with E-state index in [1.54, 1.807) is 6.07 Å². The molecule has 0 radical (unpaired) electrons. The van der Waals surface area contributed by atoms with Crippen LogP contribution >= 0.6 is 34.2 Å². The minimum atomic E-state index is -4.36. The van der Waals surface area contributed by atoms with E-state index in [1.807, 2.05) is 21.3 Å². The van der Waals surface area contributed by atoms with Crippen LogP contribution in [0.4, 0.5) is 24.5 Å². The molecule has 0 N–H and O–H groups in total. The fourth-order valence-electron chi connectivity index (χ4n) is 4.64. The highest BCUT2D eigenvalue weighted by Gasteiger charge is 2.33. The van der Waals surface area contributed by atoms with Crippen molar-refractivity contribution in [1.29, 1.82) is 0 Å². The summed E-state index contributed by atoms with van der Waals surface area (Å²) in [6.07, 6.45) is 2.11. The lowest BCUT2D eigenvalue weighted by Crippen LogP contribution is -2.05. The van der Waals surface area contributed by atoms with Gasteiger partial charge in [0, 0.05) is 15.5 Å². The Labute approximate surface area is 197 Å². The van der Waals surface area contributed by atoms with Crippen molar-refractivity contribution in [3.63, 3.8) is 0 Å². The lowest BCUT2D eigenvalue weighted by molar-refractivity contribution is -0.136. The largest absolute Gasteiger partial charge is 0.417 e. The van der Waals surface area contributed by atoms with E-state index in [1.165, 1.54) is 61.1 Å². The molecule has 0 atom stereocenters. The molecule has 3 aromatic carbocycles. The minimum absolute atomic E-state index is 0.301. The van der Waals surface area contributed by atoms with Crippen molar-refractivity contribution < 1.29 is 13.2 Å². The Balaban J connectivity index is 1.55. The SMILES string of the molecule is FC(F)(F)c1cccc2c1sc1c(N(I)c3ccc(C4CCCCC4)cc3)cccc12. The van der Waals surface area contributed by atoms with Gasteiger partial charge in [-0.2, -0.15) is 13.2 Å². The number of thiophene rings is 1. The van der Waals surface area contributed by atoms with Gasteiger partial charge in [0.1, 0.15) is 0 Å². The molecule has 1 heterocycles. The second-order valence-corrected chi connectivity index (χ2v) is 10.1. The molecule has 160 valence electrons. The summed E-state index contributed by atoms with van der Waals surface area (Å²) < 4.78 is 43.9. The summed E-state index contributed by atoms with van der Waals surface area (Å²) in [6.45, 7) is 0. The second-order valence-electron chi connectivity index (χ2n) is 8.14. The Kier molecular flexibility index (Phi) is 5.63. The van der Waals surface area contributed by atoms with Crippen molar-refractivity contribution in [3.8, 4) is 0 Å². The van der Waals surface area contributed by atoms with E-state index in [4.69, 9.17) is 0 Å². The summed E-state index contributed by atoms with van der Waals surface area (Å²) in [6, 6.07) is 18.9. The van der Waals surface area contributed by atoms with Crippen molar-refractivity contribution in [1.82, 2.24) is 0 Å². The zero-order valence-corrected chi connectivity index (χ0v) is 19.7. The molecular formula is C25H21F3INS. The molecule has 1 nitrogen and oxygen atoms in total. The highest BCUT2D eigenvalue weighted by Crippen LogP contribution is 2.46. The first kappa shape index (κ1) is 21.1. The van der Waals surface area contributed by atoms with Crippen molar-refractivity contribution in [2.24, 2.45) is 0 Å². The Hall–Kier alpha value is -1.80. The van der Waals surface area contributed by atoms with Gasteiger partial charge in [-0.25, -0.2) is 0 Å². The van der Waals surface area contributed by atoms with Gasteiger partial charge in [-0.1, -0.05) is 55.7 Å². The van der Waals surface area contributed by atoms with Crippen LogP contribution in [0.25, 0.3) is 20.2 Å². The zero-order valence-electron chi connectivity index (χ0n) is 16.8. The van der Waals surface area contributed by atoms with Crippen molar-refractivity contribution >= 4 is 65.7 Å². The number of nitrogens with zero attached hydrogens (tertiary/aromatic N) is 1. The molecule has 0 amide bonds. The van der Waals surface area contributed by atoms with Crippen LogP contribution in [0.5, 0.6) is 0 Å². The summed E-state index contributed by atoms with van der Waals surface area (Å²) in [4.78, 5) is 0. The maximum Gasteiger partial charge on any atom is 0.417 e. The van der Waals surface area contributed by atoms with E-state index in [0.29, 0.717) is 16.0 Å². The van der Waals surface area contributed by atoms with Gasteiger partial charge in [-0.3, -0.25) is 3.11 Å². The van der Waals surface area contributed by atoms with Crippen LogP contribution in [0.3, 0.4) is 0 Å². The number of rotatable bonds is 3. The molecular weight excluding hydrogens is 530 g/mol. The number of hydrogen-bond donors (Lipinski definition) is 0. The molecule has 1 aromatic heterocycles. The third-order valence-electron chi connectivity index (χ3n) is 6.22. The van der Waals surface area contributed by atoms with E-state index < -0.39 is 11.7 Å². The van der Waals surface area contributed by atoms with Gasteiger partial charge < -0.3 is 0 Å². The maximum absolute atomic E-state index is 13.6. The number of halogens is 4. The van der Waals surface area contributed by atoms with E-state index in [0.717, 1.165) is 21.5 Å². The molecule has 1 aliphatic rings. The zero-order chi connectivity index (χ0) is 21.6. The molecule has 0 aliphatic heterocycles. The molecule has 1 aliphatic carbocycles. The first-order valence-corrected chi connectivity index (χ1v) is 12.3. The molecule has 31 heavy (non-hydrogen) atoms. The van der Waals surface area contributed by atoms with Gasteiger partial charge in [0.25, 0.3) is 0 Å². The Morgan fingerprint density at radius 3 is 2.13 bits per heavy atom. The number of fused-ring (bicyclic) bond motifs is 3. The Morgan fingerprint density at radius 1 is 0.806 bits per heavy atom. The van der Waals surface area contributed by atoms with Gasteiger partial charge in [0.2, 0.25) is 0 Å². The molecule has 1 saturated carbocycles. The summed E-state index contributed by atoms with van der Waals surface area (Å²) in [5, 5.41) is 1.53. The Bertz CT molecular complexity index is 1220. The van der Waals surface area contributed by atoms with Crippen LogP contribution in [-0.2, 0) is 6.18 Å². The highest BCUT2D eigenvalue weighted by atomic mass is 127. The predicted molar refractivity (Wildman–Crippen MR) is 133 cm³/mol. The molecule has 0 unspecified atom stereocenters. The topological polar surface area (TPSA) is 3.24 Å². The van der Waals surface area contributed by atoms with Gasteiger partial charge in [0.15, 0.2) is 0 Å². The highest BCUT2D eigenvalue weighted by molar-refractivity contribution is 14.1. The van der Waals surface area contributed by atoms with Crippen LogP contribution in [0.1, 0.15) is 49.1 Å². The van der Waals surface area contributed by atoms with Crippen LogP contribution in [0.15, 0.2) is 60.7 Å². The molecule has 4 aromatic rings. The average molecular weight is 551 g/mol. The predicted octanol–water partition coefficient (Wildman–Crippen LogP) is 9.61. The number of anilines is 2. The number of benzene rings is 3. The average Bonchev–Trinajstić information content (AvgIpc) is 3.17. The smallest absolute Gasteiger partial charge is 0.282 e. The van der Waals surface area contributed by atoms with Crippen molar-refractivity contribution in [3.05, 3.63) is 71.8 Å². The van der Waals surface area contributed by atoms with Crippen LogP contribution in [-0.4, -0.2) is 0 Å². The summed E-state index contributed by atoms with van der Waals surface area (Å²) >= 11 is 3.48. The summed E-state index contributed by atoms with van der Waals surface area (Å²) in [5.41, 5.74) is 2.77. The van der Waals surface area contributed by atoms with Gasteiger partial charge in [0.05, 0.1) is 44.5 Å². The van der Waals surface area contributed by atoms with E-state index in [9.17, 15) is 13.2 Å². The van der Waals surface area contributed by atoms with Crippen molar-refractivity contribution in [2.45, 2.75) is 44.2 Å². The summed E-state index contributed by atoms with van der Waals surface area (Å²) in [5.74, 6) is 0.650. The van der Waals surface area contributed by atoms with E-state index in [-0.39, 0.29) is 0 Å². The first-order valence-electron chi connectivity index (χ1n) is 10.5. The number of alkyl halides is 3. The maximum atomic E-state index is 13.6. The molecule has 0 saturated heterocycles. The first-order chi connectivity index (χ1) is 14.9. The lowest BCUT2D eigenvalue weighted by Gasteiger charge is -2.23. The quantitative estimate of drug-likeness (QED) is 0.181. The molecule has 1 fully saturated rings. The fraction of sp³-hybridized carbons (Fsp3) is 0.280. The number of hydrogen-bond acceptors (Lipinski definition) is 2. The molecule has 5 rings (SSSR count). The molecule has 6 heteroatoms. The Morgan fingerprint density at radius 2 is 1.45 bits per heavy atom. The fourth-order valence-corrected chi connectivity index (χ4v) is 6.86. The summed E-state index contributed by atoms with van der Waals surface area (Å²) in [7, 11) is 0. The lowest BCUT2D eigenvalue weighted by atomic mass is 9.84. The van der Waals surface area contributed by atoms with Gasteiger partial charge in [-0.15, -0.1) is 11.3 Å². The third-order valence-corrected chi connectivity index (χ3v) is 8.57. The standard InChI is InChI=1S/C25H21F3INS/c26-25(27,28)21-10-4-8-19-20-9-5-11-22(24(20)31-23(19)21)30(29)18-14-12-17(13-15-18)16-6-2-1-3-7-16/h4-5,8-16H,1-3,6-7H2. The van der Waals surface area contributed by atoms with Crippen LogP contribution in [0.2, 0.25) is 0 Å². The van der Waals surface area contributed by atoms with E-state index >= 15 is 0 Å². The second kappa shape index (κ2) is 8.28.